The highest BCUT2D eigenvalue weighted by molar-refractivity contribution is 5.33. The Balaban J connectivity index is 2.13. The second-order valence-electron chi connectivity index (χ2n) is 4.02. The molecular formula is C11H12. The highest BCUT2D eigenvalue weighted by Gasteiger charge is 2.46. The van der Waals surface area contributed by atoms with Crippen LogP contribution in [0.1, 0.15) is 12.8 Å². The van der Waals surface area contributed by atoms with Crippen LogP contribution in [0.15, 0.2) is 36.5 Å². The molecule has 3 aliphatic rings. The lowest BCUT2D eigenvalue weighted by Crippen LogP contribution is -2.19. The normalized spacial score (nSPS) is 50.2. The van der Waals surface area contributed by atoms with E-state index in [9.17, 15) is 0 Å². The van der Waals surface area contributed by atoms with E-state index in [-0.39, 0.29) is 0 Å². The van der Waals surface area contributed by atoms with Crippen LogP contribution in [-0.2, 0) is 0 Å². The average molecular weight is 144 g/mol. The van der Waals surface area contributed by atoms with E-state index in [0.717, 1.165) is 11.8 Å². The molecule has 1 fully saturated rings. The molecule has 0 N–H and O–H groups in total. The number of hydrogen-bond donors (Lipinski definition) is 0. The molecule has 0 aromatic rings. The van der Waals surface area contributed by atoms with E-state index in [0.29, 0.717) is 5.41 Å². The van der Waals surface area contributed by atoms with E-state index in [4.69, 9.17) is 0 Å². The Morgan fingerprint density at radius 2 is 2.09 bits per heavy atom. The quantitative estimate of drug-likeness (QED) is 0.458. The predicted octanol–water partition coefficient (Wildman–Crippen LogP) is 2.69. The van der Waals surface area contributed by atoms with Crippen molar-refractivity contribution in [2.24, 2.45) is 17.3 Å². The molecular weight excluding hydrogens is 132 g/mol. The number of allylic oxidation sites excluding steroid dienone is 6. The maximum absolute atomic E-state index is 2.42. The molecule has 3 atom stereocenters. The van der Waals surface area contributed by atoms with E-state index in [1.54, 1.807) is 0 Å². The molecule has 2 bridgehead atoms. The minimum Gasteiger partial charge on any atom is -0.0845 e. The molecule has 11 heavy (non-hydrogen) atoms. The van der Waals surface area contributed by atoms with Crippen LogP contribution in [0.25, 0.3) is 0 Å². The number of rotatable bonds is 0. The van der Waals surface area contributed by atoms with Crippen molar-refractivity contribution in [1.82, 2.24) is 0 Å². The van der Waals surface area contributed by atoms with Crippen LogP contribution in [-0.4, -0.2) is 0 Å². The molecule has 0 amide bonds. The van der Waals surface area contributed by atoms with Crippen molar-refractivity contribution >= 4 is 0 Å². The minimum atomic E-state index is 0.458. The molecule has 3 unspecified atom stereocenters. The third-order valence-corrected chi connectivity index (χ3v) is 3.40. The van der Waals surface area contributed by atoms with Gasteiger partial charge in [0.05, 0.1) is 0 Å². The Kier molecular flexibility index (Phi) is 0.892. The highest BCUT2D eigenvalue weighted by atomic mass is 14.5. The summed E-state index contributed by atoms with van der Waals surface area (Å²) in [6.07, 6.45) is 16.8. The summed E-state index contributed by atoms with van der Waals surface area (Å²) >= 11 is 0. The van der Waals surface area contributed by atoms with Crippen molar-refractivity contribution in [2.75, 3.05) is 0 Å². The van der Waals surface area contributed by atoms with E-state index in [1.165, 1.54) is 12.8 Å². The van der Waals surface area contributed by atoms with Gasteiger partial charge >= 0.3 is 0 Å². The van der Waals surface area contributed by atoms with Crippen LogP contribution in [0.3, 0.4) is 0 Å². The van der Waals surface area contributed by atoms with Gasteiger partial charge < -0.3 is 0 Å². The number of fused-ring (bicyclic) bond motifs is 1. The first-order valence-corrected chi connectivity index (χ1v) is 4.44. The summed E-state index contributed by atoms with van der Waals surface area (Å²) in [7, 11) is 0. The van der Waals surface area contributed by atoms with Gasteiger partial charge in [0.15, 0.2) is 0 Å². The molecule has 0 aliphatic heterocycles. The first-order valence-electron chi connectivity index (χ1n) is 4.44. The van der Waals surface area contributed by atoms with Crippen LogP contribution in [0.4, 0.5) is 0 Å². The van der Waals surface area contributed by atoms with E-state index in [2.05, 4.69) is 36.5 Å². The topological polar surface area (TPSA) is 0 Å². The lowest BCUT2D eigenvalue weighted by molar-refractivity contribution is 0.420. The largest absolute Gasteiger partial charge is 0.0845 e. The van der Waals surface area contributed by atoms with Gasteiger partial charge in [-0.25, -0.2) is 0 Å². The van der Waals surface area contributed by atoms with Gasteiger partial charge in [-0.2, -0.15) is 0 Å². The molecule has 56 valence electrons. The fraction of sp³-hybridized carbons (Fsp3) is 0.455. The van der Waals surface area contributed by atoms with Gasteiger partial charge in [0.2, 0.25) is 0 Å². The second-order valence-corrected chi connectivity index (χ2v) is 4.02. The van der Waals surface area contributed by atoms with Gasteiger partial charge in [-0.1, -0.05) is 36.5 Å². The summed E-state index contributed by atoms with van der Waals surface area (Å²) in [4.78, 5) is 0. The monoisotopic (exact) mass is 144 g/mol. The zero-order chi connectivity index (χ0) is 7.31. The first kappa shape index (κ1) is 5.82. The van der Waals surface area contributed by atoms with Gasteiger partial charge in [0, 0.05) is 5.41 Å². The summed E-state index contributed by atoms with van der Waals surface area (Å²) in [5, 5.41) is 0. The smallest absolute Gasteiger partial charge is 0.0133 e. The number of hydrogen-bond acceptors (Lipinski definition) is 0. The average Bonchev–Trinajstić information content (AvgIpc) is 2.57. The molecule has 1 spiro atoms. The van der Waals surface area contributed by atoms with Gasteiger partial charge in [-0.15, -0.1) is 0 Å². The van der Waals surface area contributed by atoms with Crippen molar-refractivity contribution in [2.45, 2.75) is 12.8 Å². The fourth-order valence-electron chi connectivity index (χ4n) is 2.83. The van der Waals surface area contributed by atoms with Crippen molar-refractivity contribution in [3.05, 3.63) is 36.5 Å². The second kappa shape index (κ2) is 1.69. The fourth-order valence-corrected chi connectivity index (χ4v) is 2.83. The van der Waals surface area contributed by atoms with Gasteiger partial charge in [-0.05, 0) is 24.7 Å². The summed E-state index contributed by atoms with van der Waals surface area (Å²) in [5.41, 5.74) is 0.458. The highest BCUT2D eigenvalue weighted by Crippen LogP contribution is 2.55. The molecule has 3 rings (SSSR count). The first-order chi connectivity index (χ1) is 5.39. The summed E-state index contributed by atoms with van der Waals surface area (Å²) in [5.74, 6) is 1.70. The SMILES string of the molecule is C1=CC2CC3C=CC2(C=C1)C3. The van der Waals surface area contributed by atoms with Crippen LogP contribution < -0.4 is 0 Å². The van der Waals surface area contributed by atoms with Crippen LogP contribution in [0.2, 0.25) is 0 Å². The van der Waals surface area contributed by atoms with Gasteiger partial charge in [-0.3, -0.25) is 0 Å². The van der Waals surface area contributed by atoms with E-state index in [1.807, 2.05) is 0 Å². The molecule has 0 heterocycles. The maximum atomic E-state index is 2.42. The van der Waals surface area contributed by atoms with Gasteiger partial charge in [0.1, 0.15) is 0 Å². The zero-order valence-corrected chi connectivity index (χ0v) is 6.53. The molecule has 0 aromatic carbocycles. The van der Waals surface area contributed by atoms with Gasteiger partial charge in [0.25, 0.3) is 0 Å². The zero-order valence-electron chi connectivity index (χ0n) is 6.53. The molecule has 1 saturated carbocycles. The third kappa shape index (κ3) is 0.604. The molecule has 0 saturated heterocycles. The molecule has 0 heteroatoms. The summed E-state index contributed by atoms with van der Waals surface area (Å²) < 4.78 is 0. The Labute approximate surface area is 67.3 Å². The molecule has 0 aromatic heterocycles. The predicted molar refractivity (Wildman–Crippen MR) is 46.1 cm³/mol. The Morgan fingerprint density at radius 1 is 1.09 bits per heavy atom. The summed E-state index contributed by atoms with van der Waals surface area (Å²) in [6.45, 7) is 0. The van der Waals surface area contributed by atoms with Crippen molar-refractivity contribution in [3.63, 3.8) is 0 Å². The van der Waals surface area contributed by atoms with Crippen molar-refractivity contribution in [1.29, 1.82) is 0 Å². The van der Waals surface area contributed by atoms with Crippen LogP contribution in [0.5, 0.6) is 0 Å². The standard InChI is InChI=1S/C11H12/c1-2-5-11-6-4-9(8-11)7-10(11)3-1/h1-6,9-10H,7-8H2. The lowest BCUT2D eigenvalue weighted by Gasteiger charge is -2.28. The summed E-state index contributed by atoms with van der Waals surface area (Å²) in [6, 6.07) is 0. The third-order valence-electron chi connectivity index (χ3n) is 3.40. The van der Waals surface area contributed by atoms with E-state index < -0.39 is 0 Å². The molecule has 0 radical (unpaired) electrons. The molecule has 3 aliphatic carbocycles. The minimum absolute atomic E-state index is 0.458. The van der Waals surface area contributed by atoms with E-state index >= 15 is 0 Å². The van der Waals surface area contributed by atoms with Crippen LogP contribution >= 0.6 is 0 Å². The van der Waals surface area contributed by atoms with Crippen LogP contribution in [0, 0.1) is 17.3 Å². The maximum Gasteiger partial charge on any atom is 0.0133 e. The lowest BCUT2D eigenvalue weighted by atomic mass is 9.75. The Morgan fingerprint density at radius 3 is 2.91 bits per heavy atom. The molecule has 0 nitrogen and oxygen atoms in total. The van der Waals surface area contributed by atoms with Crippen molar-refractivity contribution in [3.8, 4) is 0 Å². The Bertz CT molecular complexity index is 270. The van der Waals surface area contributed by atoms with Crippen molar-refractivity contribution < 1.29 is 0 Å². The Hall–Kier alpha value is -0.780.